The largest absolute Gasteiger partial charge is 0.481 e. The van der Waals surface area contributed by atoms with Crippen molar-refractivity contribution in [2.45, 2.75) is 26.3 Å². The zero-order chi connectivity index (χ0) is 13.6. The molecule has 2 N–H and O–H groups in total. The van der Waals surface area contributed by atoms with Crippen LogP contribution in [0.25, 0.3) is 10.1 Å². The summed E-state index contributed by atoms with van der Waals surface area (Å²) in [7, 11) is 0. The standard InChI is InChI=1S/C15H17NO2S/c1-8-9(2)19-14-6-10(3-4-12(8)14)13-5-11(7-16-13)15(17)18/h3-4,6,11,13,16H,5,7H2,1-2H3,(H,17,18). The van der Waals surface area contributed by atoms with E-state index in [0.29, 0.717) is 13.0 Å². The van der Waals surface area contributed by atoms with Crippen LogP contribution >= 0.6 is 11.3 Å². The topological polar surface area (TPSA) is 49.3 Å². The SMILES string of the molecule is Cc1sc2cc(C3CC(C(=O)O)CN3)ccc2c1C. The molecule has 1 aromatic heterocycles. The Balaban J connectivity index is 1.92. The van der Waals surface area contributed by atoms with Crippen LogP contribution in [0.5, 0.6) is 0 Å². The molecular formula is C15H17NO2S. The van der Waals surface area contributed by atoms with Crippen molar-refractivity contribution in [2.24, 2.45) is 5.92 Å². The number of aliphatic carboxylic acids is 1. The van der Waals surface area contributed by atoms with E-state index in [9.17, 15) is 4.79 Å². The summed E-state index contributed by atoms with van der Waals surface area (Å²) in [5, 5.41) is 13.7. The van der Waals surface area contributed by atoms with Crippen LogP contribution in [0.4, 0.5) is 0 Å². The number of aryl methyl sites for hydroxylation is 2. The number of nitrogens with one attached hydrogen (secondary N) is 1. The highest BCUT2D eigenvalue weighted by molar-refractivity contribution is 7.19. The fourth-order valence-electron chi connectivity index (χ4n) is 2.76. The predicted molar refractivity (Wildman–Crippen MR) is 77.8 cm³/mol. The number of hydrogen-bond donors (Lipinski definition) is 2. The highest BCUT2D eigenvalue weighted by atomic mass is 32.1. The number of rotatable bonds is 2. The second kappa shape index (κ2) is 4.62. The van der Waals surface area contributed by atoms with Crippen molar-refractivity contribution in [2.75, 3.05) is 6.54 Å². The van der Waals surface area contributed by atoms with Crippen molar-refractivity contribution in [1.29, 1.82) is 0 Å². The van der Waals surface area contributed by atoms with Gasteiger partial charge in [-0.3, -0.25) is 4.79 Å². The lowest BCUT2D eigenvalue weighted by Crippen LogP contribution is -2.17. The number of carbonyl (C=O) groups is 1. The van der Waals surface area contributed by atoms with Gasteiger partial charge in [-0.1, -0.05) is 12.1 Å². The van der Waals surface area contributed by atoms with E-state index >= 15 is 0 Å². The quantitative estimate of drug-likeness (QED) is 0.884. The third-order valence-corrected chi connectivity index (χ3v) is 5.25. The van der Waals surface area contributed by atoms with Crippen LogP contribution in [0.15, 0.2) is 18.2 Å². The van der Waals surface area contributed by atoms with E-state index in [2.05, 4.69) is 37.4 Å². The summed E-state index contributed by atoms with van der Waals surface area (Å²) in [5.74, 6) is -0.952. The van der Waals surface area contributed by atoms with Gasteiger partial charge in [-0.05, 0) is 42.8 Å². The molecule has 3 rings (SSSR count). The molecule has 1 fully saturated rings. The lowest BCUT2D eigenvalue weighted by Gasteiger charge is -2.10. The van der Waals surface area contributed by atoms with Gasteiger partial charge < -0.3 is 10.4 Å². The Morgan fingerprint density at radius 3 is 2.89 bits per heavy atom. The van der Waals surface area contributed by atoms with Crippen molar-refractivity contribution >= 4 is 27.4 Å². The number of benzene rings is 1. The number of hydrogen-bond acceptors (Lipinski definition) is 3. The highest BCUT2D eigenvalue weighted by Gasteiger charge is 2.30. The average Bonchev–Trinajstić information content (AvgIpc) is 2.96. The molecule has 1 saturated heterocycles. The maximum atomic E-state index is 11.0. The molecule has 1 aliphatic rings. The molecule has 100 valence electrons. The summed E-state index contributed by atoms with van der Waals surface area (Å²) in [6.07, 6.45) is 0.685. The van der Waals surface area contributed by atoms with Gasteiger partial charge in [0.2, 0.25) is 0 Å². The van der Waals surface area contributed by atoms with E-state index in [1.54, 1.807) is 0 Å². The van der Waals surface area contributed by atoms with Gasteiger partial charge in [0.1, 0.15) is 0 Å². The van der Waals surface area contributed by atoms with Gasteiger partial charge in [-0.25, -0.2) is 0 Å². The Morgan fingerprint density at radius 2 is 2.21 bits per heavy atom. The summed E-state index contributed by atoms with van der Waals surface area (Å²) < 4.78 is 1.30. The van der Waals surface area contributed by atoms with Crippen LogP contribution in [0.1, 0.15) is 28.5 Å². The van der Waals surface area contributed by atoms with Gasteiger partial charge in [0.05, 0.1) is 5.92 Å². The molecule has 0 aliphatic carbocycles. The molecular weight excluding hydrogens is 258 g/mol. The van der Waals surface area contributed by atoms with Crippen molar-refractivity contribution in [1.82, 2.24) is 5.32 Å². The first kappa shape index (κ1) is 12.6. The fourth-order valence-corrected chi connectivity index (χ4v) is 3.88. The number of carboxylic acids is 1. The minimum absolute atomic E-state index is 0.174. The van der Waals surface area contributed by atoms with E-state index in [4.69, 9.17) is 5.11 Å². The van der Waals surface area contributed by atoms with E-state index < -0.39 is 5.97 Å². The predicted octanol–water partition coefficient (Wildman–Crippen LogP) is 3.25. The van der Waals surface area contributed by atoms with E-state index in [1.807, 2.05) is 11.3 Å². The molecule has 19 heavy (non-hydrogen) atoms. The first-order valence-corrected chi connectivity index (χ1v) is 7.33. The summed E-state index contributed by atoms with van der Waals surface area (Å²) in [6, 6.07) is 6.68. The van der Waals surface area contributed by atoms with Crippen LogP contribution in [-0.2, 0) is 4.79 Å². The molecule has 1 aromatic carbocycles. The third-order valence-electron chi connectivity index (χ3n) is 4.08. The molecule has 2 atom stereocenters. The van der Waals surface area contributed by atoms with Crippen LogP contribution < -0.4 is 5.32 Å². The third kappa shape index (κ3) is 2.15. The molecule has 0 saturated carbocycles. The van der Waals surface area contributed by atoms with Crippen molar-refractivity contribution < 1.29 is 9.90 Å². The average molecular weight is 275 g/mol. The summed E-state index contributed by atoms with van der Waals surface area (Å²) in [5.41, 5.74) is 2.56. The lowest BCUT2D eigenvalue weighted by atomic mass is 9.99. The smallest absolute Gasteiger partial charge is 0.307 e. The van der Waals surface area contributed by atoms with Crippen molar-refractivity contribution in [3.63, 3.8) is 0 Å². The number of carboxylic acid groups (broad SMARTS) is 1. The molecule has 0 amide bonds. The second-order valence-corrected chi connectivity index (χ2v) is 6.53. The van der Waals surface area contributed by atoms with Gasteiger partial charge in [0.25, 0.3) is 0 Å². The minimum atomic E-state index is -0.695. The van der Waals surface area contributed by atoms with Gasteiger partial charge >= 0.3 is 5.97 Å². The number of thiophene rings is 1. The normalized spacial score (nSPS) is 23.1. The zero-order valence-electron chi connectivity index (χ0n) is 11.1. The van der Waals surface area contributed by atoms with E-state index in [-0.39, 0.29) is 12.0 Å². The van der Waals surface area contributed by atoms with Gasteiger partial charge in [-0.15, -0.1) is 11.3 Å². The molecule has 1 aliphatic heterocycles. The highest BCUT2D eigenvalue weighted by Crippen LogP contribution is 2.34. The van der Waals surface area contributed by atoms with Crippen molar-refractivity contribution in [3.05, 3.63) is 34.2 Å². The fraction of sp³-hybridized carbons (Fsp3) is 0.400. The minimum Gasteiger partial charge on any atom is -0.481 e. The summed E-state index contributed by atoms with van der Waals surface area (Å²) >= 11 is 1.81. The summed E-state index contributed by atoms with van der Waals surface area (Å²) in [4.78, 5) is 12.4. The zero-order valence-corrected chi connectivity index (χ0v) is 11.9. The Kier molecular flexibility index (Phi) is 3.07. The van der Waals surface area contributed by atoms with Gasteiger partial charge in [-0.2, -0.15) is 0 Å². The maximum Gasteiger partial charge on any atom is 0.307 e. The van der Waals surface area contributed by atoms with Crippen LogP contribution in [0.2, 0.25) is 0 Å². The molecule has 2 unspecified atom stereocenters. The Labute approximate surface area is 116 Å². The van der Waals surface area contributed by atoms with Crippen LogP contribution in [0.3, 0.4) is 0 Å². The van der Waals surface area contributed by atoms with Gasteiger partial charge in [0, 0.05) is 22.2 Å². The molecule has 0 spiro atoms. The molecule has 2 aromatic rings. The first-order chi connectivity index (χ1) is 9.06. The van der Waals surface area contributed by atoms with Gasteiger partial charge in [0.15, 0.2) is 0 Å². The molecule has 0 radical (unpaired) electrons. The Morgan fingerprint density at radius 1 is 1.42 bits per heavy atom. The van der Waals surface area contributed by atoms with E-state index in [1.165, 1.54) is 26.1 Å². The van der Waals surface area contributed by atoms with E-state index in [0.717, 1.165) is 0 Å². The maximum absolute atomic E-state index is 11.0. The Hall–Kier alpha value is -1.39. The Bertz CT molecular complexity index is 647. The lowest BCUT2D eigenvalue weighted by molar-refractivity contribution is -0.141. The monoisotopic (exact) mass is 275 g/mol. The molecule has 0 bridgehead atoms. The van der Waals surface area contributed by atoms with Crippen LogP contribution in [-0.4, -0.2) is 17.6 Å². The molecule has 2 heterocycles. The van der Waals surface area contributed by atoms with Crippen molar-refractivity contribution in [3.8, 4) is 0 Å². The van der Waals surface area contributed by atoms with Crippen LogP contribution in [0, 0.1) is 19.8 Å². The molecule has 3 nitrogen and oxygen atoms in total. The number of fused-ring (bicyclic) bond motifs is 1. The molecule has 4 heteroatoms. The summed E-state index contributed by atoms with van der Waals surface area (Å²) in [6.45, 7) is 4.87. The first-order valence-electron chi connectivity index (χ1n) is 6.52. The second-order valence-electron chi connectivity index (χ2n) is 5.27.